The van der Waals surface area contributed by atoms with Gasteiger partial charge in [-0.3, -0.25) is 4.79 Å². The molecule has 1 aliphatic heterocycles. The highest BCUT2D eigenvalue weighted by molar-refractivity contribution is 5.73. The molecule has 1 heterocycles. The van der Waals surface area contributed by atoms with Crippen molar-refractivity contribution in [3.8, 4) is 0 Å². The zero-order valence-electron chi connectivity index (χ0n) is 17.2. The van der Waals surface area contributed by atoms with E-state index < -0.39 is 5.60 Å². The van der Waals surface area contributed by atoms with Crippen molar-refractivity contribution in [3.05, 3.63) is 0 Å². The molecule has 6 saturated carbocycles. The van der Waals surface area contributed by atoms with Crippen LogP contribution in [0.4, 0.5) is 0 Å². The zero-order valence-corrected chi connectivity index (χ0v) is 17.2. The summed E-state index contributed by atoms with van der Waals surface area (Å²) in [6.07, 6.45) is 8.33. The lowest BCUT2D eigenvalue weighted by molar-refractivity contribution is -0.237. The lowest BCUT2D eigenvalue weighted by Crippen LogP contribution is -2.65. The predicted molar refractivity (Wildman–Crippen MR) is 102 cm³/mol. The standard InChI is InChI=1S/C24H34O4/c1-21-6-3-12(25)11-23(21,27)16-9-13(16)19-15(21)4-7-22(2)20(19)14-10-17(14)24(22)8-5-18(26)28-24/h12-17,19-20,25,27H,3-11H2,1-2H3/t12?,13-,14?,15?,16?,17-,19?,20?,21?,22-,23?,24?/m0/s1. The Kier molecular flexibility index (Phi) is 2.85. The highest BCUT2D eigenvalue weighted by Gasteiger charge is 2.82. The van der Waals surface area contributed by atoms with E-state index in [1.165, 1.54) is 6.42 Å². The highest BCUT2D eigenvalue weighted by atomic mass is 16.6. The second-order valence-corrected chi connectivity index (χ2v) is 12.3. The van der Waals surface area contributed by atoms with Crippen LogP contribution in [0.3, 0.4) is 0 Å². The second-order valence-electron chi connectivity index (χ2n) is 12.3. The van der Waals surface area contributed by atoms with Crippen molar-refractivity contribution in [3.63, 3.8) is 0 Å². The van der Waals surface area contributed by atoms with Crippen LogP contribution in [0, 0.1) is 52.3 Å². The first kappa shape index (κ1) is 17.1. The van der Waals surface area contributed by atoms with E-state index >= 15 is 0 Å². The van der Waals surface area contributed by atoms with E-state index in [-0.39, 0.29) is 28.5 Å². The Bertz CT molecular complexity index is 781. The van der Waals surface area contributed by atoms with Crippen LogP contribution in [0.25, 0.3) is 0 Å². The number of hydrogen-bond acceptors (Lipinski definition) is 4. The van der Waals surface area contributed by atoms with Gasteiger partial charge in [0.2, 0.25) is 0 Å². The topological polar surface area (TPSA) is 66.8 Å². The fourth-order valence-electron chi connectivity index (χ4n) is 10.5. The molecule has 0 aromatic carbocycles. The maximum Gasteiger partial charge on any atom is 0.306 e. The van der Waals surface area contributed by atoms with Crippen LogP contribution in [-0.2, 0) is 9.53 Å². The van der Waals surface area contributed by atoms with Gasteiger partial charge < -0.3 is 14.9 Å². The minimum Gasteiger partial charge on any atom is -0.458 e. The summed E-state index contributed by atoms with van der Waals surface area (Å²) in [5.74, 6) is 4.33. The molecule has 0 aromatic rings. The van der Waals surface area contributed by atoms with Gasteiger partial charge in [0.05, 0.1) is 11.7 Å². The SMILES string of the molecule is CC12CCC(O)CC1(O)C1C[C@@H]1C1C2CC[C@@]2(C)C1C1C[C@@H]1C21CCC(=O)O1. The third kappa shape index (κ3) is 1.59. The van der Waals surface area contributed by atoms with Crippen molar-refractivity contribution in [2.24, 2.45) is 52.3 Å². The molecule has 1 spiro atoms. The molecule has 0 aromatic heterocycles. The fourth-order valence-corrected chi connectivity index (χ4v) is 10.5. The van der Waals surface area contributed by atoms with Crippen LogP contribution in [0.15, 0.2) is 0 Å². The van der Waals surface area contributed by atoms with Crippen LogP contribution in [0.2, 0.25) is 0 Å². The number of ether oxygens (including phenoxy) is 1. The summed E-state index contributed by atoms with van der Waals surface area (Å²) in [7, 11) is 0. The molecule has 154 valence electrons. The summed E-state index contributed by atoms with van der Waals surface area (Å²) in [5, 5.41) is 22.2. The molecule has 9 unspecified atom stereocenters. The minimum atomic E-state index is -0.663. The summed E-state index contributed by atoms with van der Waals surface area (Å²) in [4.78, 5) is 12.2. The maximum absolute atomic E-state index is 12.2. The number of fused-ring (bicyclic) bond motifs is 12. The van der Waals surface area contributed by atoms with Gasteiger partial charge in [-0.2, -0.15) is 0 Å². The van der Waals surface area contributed by atoms with E-state index in [1.807, 2.05) is 0 Å². The zero-order chi connectivity index (χ0) is 19.3. The van der Waals surface area contributed by atoms with Crippen molar-refractivity contribution in [2.45, 2.75) is 88.9 Å². The summed E-state index contributed by atoms with van der Waals surface area (Å²) in [5.41, 5.74) is -0.751. The van der Waals surface area contributed by atoms with E-state index in [9.17, 15) is 15.0 Å². The van der Waals surface area contributed by atoms with Gasteiger partial charge in [0, 0.05) is 24.2 Å². The first-order valence-electron chi connectivity index (χ1n) is 11.9. The average Bonchev–Trinajstić information content (AvgIpc) is 3.54. The fraction of sp³-hybridized carbons (Fsp3) is 0.958. The van der Waals surface area contributed by atoms with E-state index in [1.54, 1.807) is 0 Å². The number of carbonyl (C=O) groups excluding carboxylic acids is 1. The van der Waals surface area contributed by atoms with Gasteiger partial charge in [0.15, 0.2) is 0 Å². The summed E-state index contributed by atoms with van der Waals surface area (Å²) in [6, 6.07) is 0. The van der Waals surface area contributed by atoms with Gasteiger partial charge in [0.1, 0.15) is 5.60 Å². The third-order valence-corrected chi connectivity index (χ3v) is 11.8. The molecule has 6 aliphatic carbocycles. The second kappa shape index (κ2) is 4.66. The number of rotatable bonds is 0. The van der Waals surface area contributed by atoms with Gasteiger partial charge in [-0.05, 0) is 85.9 Å². The first-order chi connectivity index (χ1) is 13.3. The number of carbonyl (C=O) groups is 1. The van der Waals surface area contributed by atoms with Gasteiger partial charge in [-0.25, -0.2) is 0 Å². The lowest BCUT2D eigenvalue weighted by Gasteiger charge is -2.64. The predicted octanol–water partition coefficient (Wildman–Crippen LogP) is 3.29. The van der Waals surface area contributed by atoms with Crippen molar-refractivity contribution in [2.75, 3.05) is 0 Å². The Morgan fingerprint density at radius 3 is 2.46 bits per heavy atom. The first-order valence-corrected chi connectivity index (χ1v) is 11.9. The molecule has 0 bridgehead atoms. The van der Waals surface area contributed by atoms with Crippen molar-refractivity contribution in [1.82, 2.24) is 0 Å². The molecule has 4 nitrogen and oxygen atoms in total. The summed E-state index contributed by atoms with van der Waals surface area (Å²) >= 11 is 0. The van der Waals surface area contributed by atoms with Gasteiger partial charge in [0.25, 0.3) is 0 Å². The van der Waals surface area contributed by atoms with Crippen molar-refractivity contribution >= 4 is 5.97 Å². The van der Waals surface area contributed by atoms with Gasteiger partial charge in [-0.15, -0.1) is 0 Å². The molecular formula is C24H34O4. The van der Waals surface area contributed by atoms with E-state index in [2.05, 4.69) is 13.8 Å². The molecule has 1 saturated heterocycles. The number of aliphatic hydroxyl groups is 2. The van der Waals surface area contributed by atoms with E-state index in [0.29, 0.717) is 48.3 Å². The lowest BCUT2D eigenvalue weighted by atomic mass is 9.42. The number of esters is 1. The monoisotopic (exact) mass is 386 g/mol. The Morgan fingerprint density at radius 1 is 0.964 bits per heavy atom. The molecule has 4 heteroatoms. The minimum absolute atomic E-state index is 0.0326. The van der Waals surface area contributed by atoms with Crippen LogP contribution in [-0.4, -0.2) is 33.5 Å². The molecule has 2 N–H and O–H groups in total. The summed E-state index contributed by atoms with van der Waals surface area (Å²) < 4.78 is 6.21. The van der Waals surface area contributed by atoms with E-state index in [0.717, 1.165) is 44.4 Å². The highest BCUT2D eigenvalue weighted by Crippen LogP contribution is 2.83. The van der Waals surface area contributed by atoms with Crippen molar-refractivity contribution < 1.29 is 19.7 Å². The molecule has 0 radical (unpaired) electrons. The molecular weight excluding hydrogens is 352 g/mol. The smallest absolute Gasteiger partial charge is 0.306 e. The van der Waals surface area contributed by atoms with Crippen LogP contribution < -0.4 is 0 Å². The molecule has 7 rings (SSSR count). The normalized spacial score (nSPS) is 68.4. The quantitative estimate of drug-likeness (QED) is 0.627. The van der Waals surface area contributed by atoms with E-state index in [4.69, 9.17) is 4.74 Å². The van der Waals surface area contributed by atoms with Crippen LogP contribution in [0.1, 0.15) is 71.6 Å². The van der Waals surface area contributed by atoms with Crippen LogP contribution in [0.5, 0.6) is 0 Å². The Labute approximate surface area is 167 Å². The average molecular weight is 387 g/mol. The Hall–Kier alpha value is -0.610. The van der Waals surface area contributed by atoms with Crippen LogP contribution >= 0.6 is 0 Å². The molecule has 0 amide bonds. The molecule has 7 fully saturated rings. The number of hydrogen-bond donors (Lipinski definition) is 2. The molecule has 28 heavy (non-hydrogen) atoms. The Balaban J connectivity index is 1.32. The summed E-state index contributed by atoms with van der Waals surface area (Å²) in [6.45, 7) is 4.82. The third-order valence-electron chi connectivity index (χ3n) is 11.8. The van der Waals surface area contributed by atoms with Crippen molar-refractivity contribution in [1.29, 1.82) is 0 Å². The largest absolute Gasteiger partial charge is 0.458 e. The maximum atomic E-state index is 12.2. The van der Waals surface area contributed by atoms with Gasteiger partial charge >= 0.3 is 5.97 Å². The molecule has 7 aliphatic rings. The molecule has 12 atom stereocenters. The van der Waals surface area contributed by atoms with Gasteiger partial charge in [-0.1, -0.05) is 13.8 Å². The Morgan fingerprint density at radius 2 is 1.71 bits per heavy atom. The number of aliphatic hydroxyl groups excluding tert-OH is 1.